The van der Waals surface area contributed by atoms with Crippen LogP contribution in [0.15, 0.2) is 164 Å². The third-order valence-electron chi connectivity index (χ3n) is 19.9. The number of aromatic hydroxyl groups is 5. The second kappa shape index (κ2) is 42.4. The zero-order valence-corrected chi connectivity index (χ0v) is 66.8. The molecule has 0 spiro atoms. The molecule has 15 nitrogen and oxygen atoms in total. The van der Waals surface area contributed by atoms with Gasteiger partial charge in [-0.05, 0) is 246 Å². The zero-order valence-electron chi connectivity index (χ0n) is 66.8. The van der Waals surface area contributed by atoms with Crippen molar-refractivity contribution in [1.82, 2.24) is 0 Å². The highest BCUT2D eigenvalue weighted by Gasteiger charge is 2.29. The van der Waals surface area contributed by atoms with Gasteiger partial charge in [-0.2, -0.15) is 0 Å². The first-order chi connectivity index (χ1) is 50.6. The molecule has 3 aliphatic heterocycles. The van der Waals surface area contributed by atoms with E-state index in [-0.39, 0.29) is 22.7 Å². The van der Waals surface area contributed by atoms with Crippen molar-refractivity contribution in [1.29, 1.82) is 0 Å². The summed E-state index contributed by atoms with van der Waals surface area (Å²) in [6.45, 7) is 40.8. The van der Waals surface area contributed by atoms with Crippen LogP contribution in [0.25, 0.3) is 21.5 Å². The molecule has 10 unspecified atom stereocenters. The van der Waals surface area contributed by atoms with Crippen molar-refractivity contribution in [3.8, 4) is 69.0 Å². The second-order valence-electron chi connectivity index (χ2n) is 28.8. The average molecular weight is 1460 g/mol. The number of fused-ring (bicyclic) bond motifs is 5. The first kappa shape index (κ1) is 85.9. The molecule has 3 aliphatic rings. The molecule has 0 fully saturated rings. The summed E-state index contributed by atoms with van der Waals surface area (Å²) in [6.07, 6.45) is 7.39. The van der Waals surface area contributed by atoms with E-state index in [2.05, 4.69) is 158 Å². The fourth-order valence-electron chi connectivity index (χ4n) is 11.4. The highest BCUT2D eigenvalue weighted by Crippen LogP contribution is 2.42. The maximum atomic E-state index is 9.92. The van der Waals surface area contributed by atoms with E-state index in [9.17, 15) is 15.3 Å². The Morgan fingerprint density at radius 3 is 1.11 bits per heavy atom. The Morgan fingerprint density at radius 1 is 0.340 bits per heavy atom. The minimum atomic E-state index is -0.577. The summed E-state index contributed by atoms with van der Waals surface area (Å²) in [5, 5.41) is 51.3. The van der Waals surface area contributed by atoms with Crippen LogP contribution in [0.4, 0.5) is 0 Å². The van der Waals surface area contributed by atoms with Crippen molar-refractivity contribution in [3.05, 3.63) is 203 Å². The van der Waals surface area contributed by atoms with Crippen LogP contribution in [-0.2, 0) is 14.2 Å². The molecule has 0 aromatic heterocycles. The van der Waals surface area contributed by atoms with E-state index in [1.54, 1.807) is 43.5 Å². The molecular formula is C91H122O15. The Morgan fingerprint density at radius 2 is 0.679 bits per heavy atom. The van der Waals surface area contributed by atoms with Crippen LogP contribution in [-0.4, -0.2) is 71.9 Å². The van der Waals surface area contributed by atoms with Gasteiger partial charge in [-0.15, -0.1) is 0 Å². The lowest BCUT2D eigenvalue weighted by Crippen LogP contribution is -2.33. The topological polar surface area (TPSA) is 193 Å². The van der Waals surface area contributed by atoms with Crippen LogP contribution >= 0.6 is 0 Å². The predicted molar refractivity (Wildman–Crippen MR) is 430 cm³/mol. The minimum absolute atomic E-state index is 0.0344. The molecule has 9 aromatic rings. The maximum absolute atomic E-state index is 9.92. The Hall–Kier alpha value is -9.02. The SMILES string of the molecule is CCC(C)c1ccc(O)c(O)c1.CCC(C)c1ccc(O)c(OC(OC)C(C)(C)C)c1.CCC(C)c1ccc(O)cc1.CCC(C)c1ccc2cc(O)ccc2c1.CCC(C)c1ccc2cc3c(cc2c1)OCO3.CCOC1Oc2ccc(C(C)CC)cc2O1.CCOC1Oc2ccc(C(C)CC)cc2O1. The number of hydrogen-bond donors (Lipinski definition) is 5. The molecule has 9 aromatic carbocycles. The molecule has 5 N–H and O–H groups in total. The molecule has 12 rings (SSSR count). The monoisotopic (exact) mass is 1450 g/mol. The predicted octanol–water partition coefficient (Wildman–Crippen LogP) is 24.5. The molecular weight excluding hydrogens is 1330 g/mol. The molecule has 10 atom stereocenters. The van der Waals surface area contributed by atoms with Crippen LogP contribution in [0.3, 0.4) is 0 Å². The number of phenols is 5. The van der Waals surface area contributed by atoms with Gasteiger partial charge in [0.2, 0.25) is 13.1 Å². The van der Waals surface area contributed by atoms with E-state index >= 15 is 0 Å². The summed E-state index contributed by atoms with van der Waals surface area (Å²) in [5.41, 5.74) is 8.68. The summed E-state index contributed by atoms with van der Waals surface area (Å²) >= 11 is 0. The van der Waals surface area contributed by atoms with E-state index in [0.717, 1.165) is 90.4 Å². The standard InChI is InChI=1S/C16H26O3.C15H16O2.C14H16O.2C13H18O3.C10H14O2.C10H14O/c1-7-11(2)12-8-9-13(17)14(10-12)19-15(18-6)16(3,4)5;1-3-10(2)11-4-5-12-7-14-15(17-9-16-14)8-13(12)6-11;1-3-10(2)11-4-5-13-9-14(15)7-6-12(13)8-11;2*1-4-9(3)10-6-7-11-12(8-10)16-13(15-11)14-5-2;1-3-7(2)8-4-5-9(11)10(12)6-8;1-3-8(2)9-4-6-10(11)7-5-9/h8-11,15,17H,7H2,1-6H3;4-8,10H,3,9H2,1-2H3;4-10,15H,3H2,1-2H3;2*6-9,13H,4-5H2,1-3H3;4-7,11-12H,3H2,1-2H3;4-8,11H,3H2,1-2H3. The van der Waals surface area contributed by atoms with Crippen molar-refractivity contribution >= 4 is 21.5 Å². The highest BCUT2D eigenvalue weighted by molar-refractivity contribution is 5.87. The van der Waals surface area contributed by atoms with Gasteiger partial charge in [0.1, 0.15) is 11.5 Å². The van der Waals surface area contributed by atoms with E-state index in [4.69, 9.17) is 57.6 Å². The lowest BCUT2D eigenvalue weighted by atomic mass is 9.95. The lowest BCUT2D eigenvalue weighted by molar-refractivity contribution is -0.173. The van der Waals surface area contributed by atoms with Crippen LogP contribution in [0.1, 0.15) is 257 Å². The Kier molecular flexibility index (Phi) is 34.3. The molecule has 0 saturated carbocycles. The van der Waals surface area contributed by atoms with Gasteiger partial charge >= 0.3 is 13.0 Å². The number of hydrogen-bond acceptors (Lipinski definition) is 15. The van der Waals surface area contributed by atoms with E-state index < -0.39 is 19.2 Å². The molecule has 0 amide bonds. The third kappa shape index (κ3) is 25.3. The Bertz CT molecular complexity index is 4030. The van der Waals surface area contributed by atoms with Gasteiger partial charge in [0, 0.05) is 12.5 Å². The molecule has 0 bridgehead atoms. The van der Waals surface area contributed by atoms with E-state index in [0.29, 0.717) is 78.7 Å². The first-order valence-electron chi connectivity index (χ1n) is 38.2. The summed E-state index contributed by atoms with van der Waals surface area (Å²) in [7, 11) is 1.62. The fraction of sp³-hybridized carbons (Fsp3) is 0.451. The van der Waals surface area contributed by atoms with Gasteiger partial charge in [-0.25, -0.2) is 0 Å². The van der Waals surface area contributed by atoms with Gasteiger partial charge in [0.05, 0.1) is 13.2 Å². The average Bonchev–Trinajstić information content (AvgIpc) is 1.01. The minimum Gasteiger partial charge on any atom is -0.508 e. The van der Waals surface area contributed by atoms with Gasteiger partial charge in [-0.1, -0.05) is 197 Å². The summed E-state index contributed by atoms with van der Waals surface area (Å²) in [4.78, 5) is 0. The van der Waals surface area contributed by atoms with Crippen LogP contribution in [0.2, 0.25) is 0 Å². The number of methoxy groups -OCH3 is 1. The third-order valence-corrected chi connectivity index (χ3v) is 19.9. The number of ether oxygens (including phenoxy) is 10. The normalized spacial score (nSPS) is 15.7. The van der Waals surface area contributed by atoms with E-state index in [1.165, 1.54) is 55.6 Å². The molecule has 0 saturated heterocycles. The van der Waals surface area contributed by atoms with Crippen molar-refractivity contribution in [3.63, 3.8) is 0 Å². The molecule has 0 aliphatic carbocycles. The summed E-state index contributed by atoms with van der Waals surface area (Å²) in [5.74, 6) is 9.80. The molecule has 106 heavy (non-hydrogen) atoms. The summed E-state index contributed by atoms with van der Waals surface area (Å²) in [6, 6.07) is 52.8. The van der Waals surface area contributed by atoms with E-state index in [1.807, 2.05) is 95.3 Å². The van der Waals surface area contributed by atoms with Crippen LogP contribution in [0, 0.1) is 5.41 Å². The fourth-order valence-corrected chi connectivity index (χ4v) is 11.4. The Balaban J connectivity index is 0.000000195. The molecule has 3 heterocycles. The number of benzene rings is 9. The summed E-state index contributed by atoms with van der Waals surface area (Å²) < 4.78 is 54.5. The van der Waals surface area contributed by atoms with Crippen molar-refractivity contribution < 1.29 is 72.9 Å². The van der Waals surface area contributed by atoms with Crippen molar-refractivity contribution in [2.45, 2.75) is 237 Å². The maximum Gasteiger partial charge on any atom is 0.361 e. The zero-order chi connectivity index (χ0) is 77.8. The first-order valence-corrected chi connectivity index (χ1v) is 38.2. The van der Waals surface area contributed by atoms with Gasteiger partial charge < -0.3 is 72.9 Å². The largest absolute Gasteiger partial charge is 0.508 e. The molecule has 576 valence electrons. The Labute approximate surface area is 632 Å². The number of phenolic OH excluding ortho intramolecular Hbond substituents is 5. The van der Waals surface area contributed by atoms with Crippen molar-refractivity contribution in [2.75, 3.05) is 27.1 Å². The smallest absolute Gasteiger partial charge is 0.361 e. The number of rotatable bonds is 21. The van der Waals surface area contributed by atoms with Crippen LogP contribution in [0.5, 0.6) is 69.0 Å². The van der Waals surface area contributed by atoms with Gasteiger partial charge in [0.25, 0.3) is 0 Å². The second-order valence-corrected chi connectivity index (χ2v) is 28.8. The highest BCUT2D eigenvalue weighted by atomic mass is 16.9. The van der Waals surface area contributed by atoms with Gasteiger partial charge in [-0.3, -0.25) is 0 Å². The quantitative estimate of drug-likeness (QED) is 0.0337. The molecule has 15 heteroatoms. The lowest BCUT2D eigenvalue weighted by Gasteiger charge is -2.30. The van der Waals surface area contributed by atoms with Crippen molar-refractivity contribution in [2.24, 2.45) is 5.41 Å². The molecule has 0 radical (unpaired) electrons. The van der Waals surface area contributed by atoms with Crippen LogP contribution < -0.4 is 33.2 Å². The van der Waals surface area contributed by atoms with Gasteiger partial charge in [0.15, 0.2) is 57.5 Å².